The van der Waals surface area contributed by atoms with Crippen LogP contribution in [-0.4, -0.2) is 9.13 Å². The highest BCUT2D eigenvalue weighted by atomic mass is 35.5. The van der Waals surface area contributed by atoms with Crippen LogP contribution in [-0.2, 0) is 20.0 Å². The van der Waals surface area contributed by atoms with Gasteiger partial charge in [0.1, 0.15) is 10.6 Å². The summed E-state index contributed by atoms with van der Waals surface area (Å²) in [7, 11) is 1.48. The van der Waals surface area contributed by atoms with Crippen molar-refractivity contribution >= 4 is 33.2 Å². The van der Waals surface area contributed by atoms with Gasteiger partial charge in [-0.3, -0.25) is 13.9 Å². The fourth-order valence-corrected chi connectivity index (χ4v) is 4.20. The molecule has 1 aromatic carbocycles. The topological polar surface area (TPSA) is 44.0 Å². The minimum atomic E-state index is -0.377. The number of halogens is 2. The molecular weight excluding hydrogens is 363 g/mol. The summed E-state index contributed by atoms with van der Waals surface area (Å²) in [5.41, 5.74) is -0.268. The number of aromatic nitrogens is 2. The molecule has 0 saturated carbocycles. The van der Waals surface area contributed by atoms with Crippen molar-refractivity contribution in [2.75, 3.05) is 0 Å². The molecule has 0 spiro atoms. The van der Waals surface area contributed by atoms with Crippen LogP contribution in [0.5, 0.6) is 0 Å². The SMILES string of the molecule is CC(C)Cn1c(=O)n(C)c(=O)c2cc(Cc3c(F)cccc3Cl)sc21. The monoisotopic (exact) mass is 380 g/mol. The van der Waals surface area contributed by atoms with E-state index >= 15 is 0 Å². The minimum absolute atomic E-state index is 0.255. The van der Waals surface area contributed by atoms with Crippen LogP contribution >= 0.6 is 22.9 Å². The second-order valence-corrected chi connectivity index (χ2v) is 7.98. The van der Waals surface area contributed by atoms with Crippen LogP contribution in [0.1, 0.15) is 24.3 Å². The first kappa shape index (κ1) is 17.9. The Labute approximate surface area is 153 Å². The highest BCUT2D eigenvalue weighted by Gasteiger charge is 2.17. The Bertz CT molecular complexity index is 1050. The molecular formula is C18H18ClFN2O2S. The predicted octanol–water partition coefficient (Wildman–Crippen LogP) is 3.80. The van der Waals surface area contributed by atoms with Crippen LogP contribution in [0.4, 0.5) is 4.39 Å². The average molecular weight is 381 g/mol. The molecule has 0 aliphatic carbocycles. The number of hydrogen-bond acceptors (Lipinski definition) is 3. The van der Waals surface area contributed by atoms with Gasteiger partial charge in [0.15, 0.2) is 0 Å². The van der Waals surface area contributed by atoms with Crippen molar-refractivity contribution in [1.29, 1.82) is 0 Å². The van der Waals surface area contributed by atoms with Crippen molar-refractivity contribution < 1.29 is 4.39 Å². The molecule has 0 aliphatic heterocycles. The third-order valence-corrected chi connectivity index (χ3v) is 5.53. The van der Waals surface area contributed by atoms with Crippen molar-refractivity contribution in [3.8, 4) is 0 Å². The molecule has 25 heavy (non-hydrogen) atoms. The van der Waals surface area contributed by atoms with Crippen molar-refractivity contribution in [2.45, 2.75) is 26.8 Å². The molecule has 3 rings (SSSR count). The van der Waals surface area contributed by atoms with Gasteiger partial charge in [-0.25, -0.2) is 9.18 Å². The number of nitrogens with zero attached hydrogens (tertiary/aromatic N) is 2. The molecule has 0 amide bonds. The highest BCUT2D eigenvalue weighted by molar-refractivity contribution is 7.18. The summed E-state index contributed by atoms with van der Waals surface area (Å²) in [6.07, 6.45) is 0.282. The van der Waals surface area contributed by atoms with E-state index in [4.69, 9.17) is 11.6 Å². The van der Waals surface area contributed by atoms with Crippen LogP contribution in [0.2, 0.25) is 5.02 Å². The van der Waals surface area contributed by atoms with Crippen LogP contribution in [0.25, 0.3) is 10.2 Å². The van der Waals surface area contributed by atoms with Gasteiger partial charge in [0, 0.05) is 35.5 Å². The first-order chi connectivity index (χ1) is 11.8. The molecule has 0 unspecified atom stereocenters. The summed E-state index contributed by atoms with van der Waals surface area (Å²) < 4.78 is 16.8. The zero-order valence-corrected chi connectivity index (χ0v) is 15.7. The lowest BCUT2D eigenvalue weighted by atomic mass is 10.1. The van der Waals surface area contributed by atoms with Crippen molar-refractivity contribution in [3.63, 3.8) is 0 Å². The van der Waals surface area contributed by atoms with E-state index in [2.05, 4.69) is 0 Å². The van der Waals surface area contributed by atoms with Crippen LogP contribution in [0, 0.1) is 11.7 Å². The zero-order chi connectivity index (χ0) is 18.3. The normalized spacial score (nSPS) is 11.6. The predicted molar refractivity (Wildman–Crippen MR) is 100 cm³/mol. The molecule has 2 aromatic heterocycles. The Kier molecular flexibility index (Phi) is 4.84. The van der Waals surface area contributed by atoms with Gasteiger partial charge in [0.05, 0.1) is 5.39 Å². The highest BCUT2D eigenvalue weighted by Crippen LogP contribution is 2.28. The van der Waals surface area contributed by atoms with E-state index in [1.165, 1.54) is 24.5 Å². The van der Waals surface area contributed by atoms with Gasteiger partial charge < -0.3 is 0 Å². The van der Waals surface area contributed by atoms with E-state index in [0.717, 1.165) is 9.44 Å². The fourth-order valence-electron chi connectivity index (χ4n) is 2.81. The van der Waals surface area contributed by atoms with Crippen LogP contribution in [0.3, 0.4) is 0 Å². The quantitative estimate of drug-likeness (QED) is 0.691. The van der Waals surface area contributed by atoms with E-state index in [-0.39, 0.29) is 29.4 Å². The number of hydrogen-bond donors (Lipinski definition) is 0. The molecule has 7 heteroatoms. The van der Waals surface area contributed by atoms with E-state index in [9.17, 15) is 14.0 Å². The average Bonchev–Trinajstić information content (AvgIpc) is 2.97. The third-order valence-electron chi connectivity index (χ3n) is 4.02. The van der Waals surface area contributed by atoms with Gasteiger partial charge in [-0.2, -0.15) is 0 Å². The molecule has 3 aromatic rings. The molecule has 0 N–H and O–H groups in total. The Balaban J connectivity index is 2.18. The molecule has 0 saturated heterocycles. The van der Waals surface area contributed by atoms with E-state index in [0.29, 0.717) is 27.3 Å². The Morgan fingerprint density at radius 2 is 2.00 bits per heavy atom. The lowest BCUT2D eigenvalue weighted by Crippen LogP contribution is -2.38. The second kappa shape index (κ2) is 6.77. The summed E-state index contributed by atoms with van der Waals surface area (Å²) in [5, 5.41) is 0.833. The summed E-state index contributed by atoms with van der Waals surface area (Å²) >= 11 is 7.44. The van der Waals surface area contributed by atoms with Crippen molar-refractivity contribution in [3.05, 3.63) is 66.4 Å². The molecule has 0 atom stereocenters. The Morgan fingerprint density at radius 1 is 1.28 bits per heavy atom. The zero-order valence-electron chi connectivity index (χ0n) is 14.2. The van der Waals surface area contributed by atoms with E-state index in [1.807, 2.05) is 13.8 Å². The fraction of sp³-hybridized carbons (Fsp3) is 0.333. The summed E-state index contributed by atoms with van der Waals surface area (Å²) in [6, 6.07) is 6.30. The lowest BCUT2D eigenvalue weighted by Gasteiger charge is -2.11. The molecule has 0 bridgehead atoms. The van der Waals surface area contributed by atoms with Crippen molar-refractivity contribution in [2.24, 2.45) is 13.0 Å². The van der Waals surface area contributed by atoms with Gasteiger partial charge in [0.25, 0.3) is 5.56 Å². The third kappa shape index (κ3) is 3.28. The molecule has 4 nitrogen and oxygen atoms in total. The number of rotatable bonds is 4. The Morgan fingerprint density at radius 3 is 2.64 bits per heavy atom. The first-order valence-corrected chi connectivity index (χ1v) is 9.14. The van der Waals surface area contributed by atoms with Gasteiger partial charge >= 0.3 is 5.69 Å². The standard InChI is InChI=1S/C18H18ClFN2O2S/c1-10(2)9-22-17-13(16(23)21(3)18(22)24)8-11(25-17)7-12-14(19)5-4-6-15(12)20/h4-6,8,10H,7,9H2,1-3H3. The molecule has 0 aliphatic rings. The van der Waals surface area contributed by atoms with Gasteiger partial charge in [0.2, 0.25) is 0 Å². The van der Waals surface area contributed by atoms with Gasteiger partial charge in [-0.1, -0.05) is 31.5 Å². The summed E-state index contributed by atoms with van der Waals surface area (Å²) in [4.78, 5) is 26.3. The molecule has 0 fully saturated rings. The summed E-state index contributed by atoms with van der Waals surface area (Å²) in [5.74, 6) is -0.123. The van der Waals surface area contributed by atoms with Crippen LogP contribution < -0.4 is 11.2 Å². The van der Waals surface area contributed by atoms with Gasteiger partial charge in [-0.15, -0.1) is 11.3 Å². The summed E-state index contributed by atoms with van der Waals surface area (Å²) in [6.45, 7) is 4.54. The largest absolute Gasteiger partial charge is 0.331 e. The Hall–Kier alpha value is -1.92. The first-order valence-electron chi connectivity index (χ1n) is 7.94. The smallest absolute Gasteiger partial charge is 0.284 e. The second-order valence-electron chi connectivity index (χ2n) is 6.46. The minimum Gasteiger partial charge on any atom is -0.284 e. The lowest BCUT2D eigenvalue weighted by molar-refractivity contribution is 0.504. The molecule has 2 heterocycles. The number of thiophene rings is 1. The maximum absolute atomic E-state index is 14.0. The van der Waals surface area contributed by atoms with Crippen LogP contribution in [0.15, 0.2) is 33.9 Å². The number of fused-ring (bicyclic) bond motifs is 1. The number of benzene rings is 1. The van der Waals surface area contributed by atoms with Gasteiger partial charge in [-0.05, 0) is 24.1 Å². The van der Waals surface area contributed by atoms with Crippen molar-refractivity contribution in [1.82, 2.24) is 9.13 Å². The maximum Gasteiger partial charge on any atom is 0.331 e. The maximum atomic E-state index is 14.0. The molecule has 0 radical (unpaired) electrons. The van der Waals surface area contributed by atoms with E-state index in [1.54, 1.807) is 22.8 Å². The molecule has 132 valence electrons. The van der Waals surface area contributed by atoms with E-state index < -0.39 is 0 Å².